The first kappa shape index (κ1) is 18.4. The second kappa shape index (κ2) is 7.23. The molecule has 0 atom stereocenters. The minimum Gasteiger partial charge on any atom is -0.353 e. The molecular formula is C19H15F2N7O. The van der Waals surface area contributed by atoms with Gasteiger partial charge in [-0.05, 0) is 36.8 Å². The molecule has 2 N–H and O–H groups in total. The van der Waals surface area contributed by atoms with Crippen LogP contribution in [0, 0.1) is 18.7 Å². The number of hydrogen-bond donors (Lipinski definition) is 2. The van der Waals surface area contributed by atoms with Gasteiger partial charge in [-0.2, -0.15) is 14.2 Å². The second-order valence-corrected chi connectivity index (χ2v) is 6.18. The molecule has 4 aromatic rings. The molecule has 0 aliphatic rings. The van der Waals surface area contributed by atoms with E-state index in [0.29, 0.717) is 22.4 Å². The molecule has 0 bridgehead atoms. The largest absolute Gasteiger partial charge is 0.353 e. The monoisotopic (exact) mass is 395 g/mol. The Morgan fingerprint density at radius 3 is 2.72 bits per heavy atom. The molecule has 0 fully saturated rings. The summed E-state index contributed by atoms with van der Waals surface area (Å²) in [6.07, 6.45) is 4.58. The van der Waals surface area contributed by atoms with Crippen molar-refractivity contribution in [1.82, 2.24) is 30.0 Å². The number of anilines is 2. The third-order valence-corrected chi connectivity index (χ3v) is 4.29. The number of pyridine rings is 3. The molecule has 4 aromatic heterocycles. The van der Waals surface area contributed by atoms with E-state index in [2.05, 4.69) is 30.7 Å². The van der Waals surface area contributed by atoms with Gasteiger partial charge in [0, 0.05) is 25.1 Å². The Hall–Kier alpha value is -3.95. The van der Waals surface area contributed by atoms with Crippen LogP contribution in [-0.2, 0) is 0 Å². The summed E-state index contributed by atoms with van der Waals surface area (Å²) in [5.41, 5.74) is 2.86. The van der Waals surface area contributed by atoms with Crippen molar-refractivity contribution in [2.75, 3.05) is 12.4 Å². The highest BCUT2D eigenvalue weighted by Crippen LogP contribution is 2.29. The van der Waals surface area contributed by atoms with Gasteiger partial charge < -0.3 is 10.6 Å². The molecule has 0 saturated carbocycles. The number of carbonyl (C=O) groups excluding carboxylic acids is 1. The second-order valence-electron chi connectivity index (χ2n) is 6.18. The topological polar surface area (TPSA) is 97.6 Å². The van der Waals surface area contributed by atoms with E-state index in [9.17, 15) is 13.6 Å². The van der Waals surface area contributed by atoms with Crippen LogP contribution in [0.3, 0.4) is 0 Å². The Morgan fingerprint density at radius 1 is 1.10 bits per heavy atom. The molecule has 4 heterocycles. The van der Waals surface area contributed by atoms with E-state index in [-0.39, 0.29) is 11.4 Å². The van der Waals surface area contributed by atoms with Gasteiger partial charge in [0.25, 0.3) is 0 Å². The highest BCUT2D eigenvalue weighted by atomic mass is 19.1. The van der Waals surface area contributed by atoms with Gasteiger partial charge in [0.15, 0.2) is 5.82 Å². The maximum Gasteiger partial charge on any atom is 0.342 e. The van der Waals surface area contributed by atoms with Gasteiger partial charge in [0.1, 0.15) is 16.7 Å². The van der Waals surface area contributed by atoms with E-state index in [1.54, 1.807) is 18.3 Å². The number of carbonyl (C=O) groups is 1. The number of nitrogens with zero attached hydrogens (tertiary/aromatic N) is 5. The summed E-state index contributed by atoms with van der Waals surface area (Å²) in [5, 5.41) is 9.78. The van der Waals surface area contributed by atoms with Gasteiger partial charge in [0.2, 0.25) is 5.95 Å². The number of aromatic nitrogens is 5. The fourth-order valence-corrected chi connectivity index (χ4v) is 2.85. The average molecular weight is 395 g/mol. The van der Waals surface area contributed by atoms with Gasteiger partial charge in [-0.15, -0.1) is 0 Å². The van der Waals surface area contributed by atoms with E-state index in [4.69, 9.17) is 0 Å². The summed E-state index contributed by atoms with van der Waals surface area (Å²) in [6, 6.07) is 4.77. The molecule has 0 saturated heterocycles. The molecule has 0 aromatic carbocycles. The van der Waals surface area contributed by atoms with Gasteiger partial charge in [-0.25, -0.2) is 14.2 Å². The van der Waals surface area contributed by atoms with Crippen LogP contribution in [-0.4, -0.2) is 37.8 Å². The van der Waals surface area contributed by atoms with Crippen molar-refractivity contribution in [2.24, 2.45) is 0 Å². The predicted octanol–water partition coefficient (Wildman–Crippen LogP) is 3.41. The fraction of sp³-hybridized carbons (Fsp3) is 0.105. The summed E-state index contributed by atoms with van der Waals surface area (Å²) in [7, 11) is 1.50. The maximum atomic E-state index is 14.1. The van der Waals surface area contributed by atoms with E-state index < -0.39 is 17.8 Å². The zero-order chi connectivity index (χ0) is 20.5. The third-order valence-electron chi connectivity index (χ3n) is 4.29. The van der Waals surface area contributed by atoms with E-state index >= 15 is 0 Å². The van der Waals surface area contributed by atoms with Crippen LogP contribution in [0.25, 0.3) is 22.4 Å². The van der Waals surface area contributed by atoms with Crippen LogP contribution in [0.4, 0.5) is 25.0 Å². The molecule has 0 spiro atoms. The summed E-state index contributed by atoms with van der Waals surface area (Å²) in [5.74, 6) is -1.48. The smallest absolute Gasteiger partial charge is 0.342 e. The molecule has 0 radical (unpaired) electrons. The summed E-state index contributed by atoms with van der Waals surface area (Å²) < 4.78 is 28.8. The minimum atomic E-state index is -0.802. The molecule has 10 heteroatoms. The lowest BCUT2D eigenvalue weighted by Crippen LogP contribution is -2.25. The Morgan fingerprint density at radius 2 is 1.93 bits per heavy atom. The number of rotatable bonds is 3. The predicted molar refractivity (Wildman–Crippen MR) is 103 cm³/mol. The molecule has 8 nitrogen and oxygen atoms in total. The van der Waals surface area contributed by atoms with Crippen LogP contribution >= 0.6 is 0 Å². The standard InChI is InChI=1S/C19H15F2N7O/c1-10-8-24-14(17-11(20)3-4-16(21)27-17)7-13(10)26-12-5-6-23-15-9-25-28(18(12)15)19(29)22-2/h3-9H,1-2H3,(H,22,29)(H,23,24,26). The lowest BCUT2D eigenvalue weighted by molar-refractivity contribution is 0.242. The molecule has 29 heavy (non-hydrogen) atoms. The van der Waals surface area contributed by atoms with Gasteiger partial charge in [-0.3, -0.25) is 9.97 Å². The zero-order valence-corrected chi connectivity index (χ0v) is 15.4. The zero-order valence-electron chi connectivity index (χ0n) is 15.4. The van der Waals surface area contributed by atoms with Crippen molar-refractivity contribution in [3.8, 4) is 11.4 Å². The molecular weight excluding hydrogens is 380 g/mol. The summed E-state index contributed by atoms with van der Waals surface area (Å²) in [6.45, 7) is 1.81. The van der Waals surface area contributed by atoms with Crippen LogP contribution in [0.1, 0.15) is 5.56 Å². The van der Waals surface area contributed by atoms with E-state index in [1.807, 2.05) is 6.92 Å². The Bertz CT molecular complexity index is 1240. The fourth-order valence-electron chi connectivity index (χ4n) is 2.85. The molecule has 0 unspecified atom stereocenters. The number of hydrogen-bond acceptors (Lipinski definition) is 6. The third kappa shape index (κ3) is 3.35. The van der Waals surface area contributed by atoms with Crippen molar-refractivity contribution >= 4 is 28.4 Å². The van der Waals surface area contributed by atoms with Crippen LogP contribution < -0.4 is 10.6 Å². The molecule has 1 amide bonds. The number of amides is 1. The summed E-state index contributed by atoms with van der Waals surface area (Å²) >= 11 is 0. The SMILES string of the molecule is CNC(=O)n1ncc2nccc(Nc3cc(-c4nc(F)ccc4F)ncc3C)c21. The van der Waals surface area contributed by atoms with Crippen molar-refractivity contribution < 1.29 is 13.6 Å². The van der Waals surface area contributed by atoms with Crippen LogP contribution in [0.5, 0.6) is 0 Å². The van der Waals surface area contributed by atoms with Crippen LogP contribution in [0.2, 0.25) is 0 Å². The van der Waals surface area contributed by atoms with E-state index in [1.165, 1.54) is 24.1 Å². The lowest BCUT2D eigenvalue weighted by atomic mass is 10.1. The highest BCUT2D eigenvalue weighted by molar-refractivity contribution is 5.96. The first-order valence-electron chi connectivity index (χ1n) is 8.59. The highest BCUT2D eigenvalue weighted by Gasteiger charge is 2.16. The molecule has 146 valence electrons. The lowest BCUT2D eigenvalue weighted by Gasteiger charge is -2.13. The molecule has 0 aliphatic heterocycles. The Kier molecular flexibility index (Phi) is 4.59. The summed E-state index contributed by atoms with van der Waals surface area (Å²) in [4.78, 5) is 24.1. The average Bonchev–Trinajstić information content (AvgIpc) is 3.16. The van der Waals surface area contributed by atoms with Gasteiger partial charge in [-0.1, -0.05) is 0 Å². The minimum absolute atomic E-state index is 0.167. The molecule has 4 rings (SSSR count). The number of aryl methyl sites for hydroxylation is 1. The quantitative estimate of drug-likeness (QED) is 0.516. The molecule has 0 aliphatic carbocycles. The maximum absolute atomic E-state index is 14.1. The number of fused-ring (bicyclic) bond motifs is 1. The van der Waals surface area contributed by atoms with Gasteiger partial charge in [0.05, 0.1) is 17.6 Å². The van der Waals surface area contributed by atoms with Crippen molar-refractivity contribution in [1.29, 1.82) is 0 Å². The normalized spacial score (nSPS) is 10.9. The Labute approximate surface area is 163 Å². The van der Waals surface area contributed by atoms with Crippen LogP contribution in [0.15, 0.2) is 42.9 Å². The van der Waals surface area contributed by atoms with Gasteiger partial charge >= 0.3 is 6.03 Å². The van der Waals surface area contributed by atoms with Crippen molar-refractivity contribution in [3.63, 3.8) is 0 Å². The van der Waals surface area contributed by atoms with Crippen molar-refractivity contribution in [2.45, 2.75) is 6.92 Å². The number of halogens is 2. The van der Waals surface area contributed by atoms with E-state index in [0.717, 1.165) is 17.7 Å². The first-order valence-corrected chi connectivity index (χ1v) is 8.59. The Balaban J connectivity index is 1.80. The number of nitrogens with one attached hydrogen (secondary N) is 2. The first-order chi connectivity index (χ1) is 14.0. The van der Waals surface area contributed by atoms with Crippen molar-refractivity contribution in [3.05, 3.63) is 60.2 Å².